The van der Waals surface area contributed by atoms with E-state index in [4.69, 9.17) is 25.5 Å². The summed E-state index contributed by atoms with van der Waals surface area (Å²) in [5.41, 5.74) is 0.946. The zero-order chi connectivity index (χ0) is 17.4. The number of halogens is 1. The Labute approximate surface area is 146 Å². The van der Waals surface area contributed by atoms with E-state index in [0.29, 0.717) is 30.5 Å². The van der Waals surface area contributed by atoms with Crippen LogP contribution in [-0.2, 0) is 11.3 Å². The molecule has 0 saturated carbocycles. The predicted octanol–water partition coefficient (Wildman–Crippen LogP) is 3.98. The molecule has 0 spiro atoms. The smallest absolute Gasteiger partial charge is 0.286 e. The van der Waals surface area contributed by atoms with Crippen LogP contribution in [0, 0.1) is 6.92 Å². The lowest BCUT2D eigenvalue weighted by Gasteiger charge is -2.07. The number of rotatable bonds is 9. The molecule has 0 fully saturated rings. The fourth-order valence-corrected chi connectivity index (χ4v) is 2.34. The Morgan fingerprint density at radius 1 is 1.29 bits per heavy atom. The molecule has 130 valence electrons. The minimum Gasteiger partial charge on any atom is -0.485 e. The van der Waals surface area contributed by atoms with Gasteiger partial charge in [-0.05, 0) is 56.2 Å². The van der Waals surface area contributed by atoms with Gasteiger partial charge in [0.2, 0.25) is 0 Å². The van der Waals surface area contributed by atoms with Crippen LogP contribution in [0.5, 0.6) is 5.75 Å². The third-order valence-electron chi connectivity index (χ3n) is 3.35. The molecule has 0 aliphatic rings. The normalized spacial score (nSPS) is 10.6. The van der Waals surface area contributed by atoms with E-state index in [2.05, 4.69) is 5.32 Å². The first kappa shape index (κ1) is 18.4. The van der Waals surface area contributed by atoms with E-state index in [1.807, 2.05) is 26.0 Å². The SMILES string of the molecule is CCOCCCNC(=O)c1ccc(COc2ccc(Cl)cc2C)o1. The van der Waals surface area contributed by atoms with Crippen LogP contribution in [-0.4, -0.2) is 25.7 Å². The summed E-state index contributed by atoms with van der Waals surface area (Å²) in [5, 5.41) is 3.46. The number of ether oxygens (including phenoxy) is 2. The molecule has 1 aromatic heterocycles. The van der Waals surface area contributed by atoms with Crippen LogP contribution in [0.25, 0.3) is 0 Å². The highest BCUT2D eigenvalue weighted by molar-refractivity contribution is 6.30. The predicted molar refractivity (Wildman–Crippen MR) is 92.7 cm³/mol. The van der Waals surface area contributed by atoms with Crippen LogP contribution < -0.4 is 10.1 Å². The summed E-state index contributed by atoms with van der Waals surface area (Å²) in [7, 11) is 0. The summed E-state index contributed by atoms with van der Waals surface area (Å²) in [6.07, 6.45) is 0.770. The Morgan fingerprint density at radius 3 is 2.88 bits per heavy atom. The summed E-state index contributed by atoms with van der Waals surface area (Å²) in [5.74, 6) is 1.36. The molecule has 0 aliphatic heterocycles. The monoisotopic (exact) mass is 351 g/mol. The van der Waals surface area contributed by atoms with Gasteiger partial charge in [-0.2, -0.15) is 0 Å². The Balaban J connectivity index is 1.81. The van der Waals surface area contributed by atoms with Crippen molar-refractivity contribution in [3.63, 3.8) is 0 Å². The first-order chi connectivity index (χ1) is 11.6. The minimum absolute atomic E-state index is 0.236. The maximum Gasteiger partial charge on any atom is 0.286 e. The van der Waals surface area contributed by atoms with Crippen LogP contribution in [0.1, 0.15) is 35.2 Å². The molecule has 0 unspecified atom stereocenters. The van der Waals surface area contributed by atoms with E-state index in [9.17, 15) is 4.79 Å². The van der Waals surface area contributed by atoms with Crippen molar-refractivity contribution in [3.8, 4) is 5.75 Å². The molecule has 1 heterocycles. The molecule has 24 heavy (non-hydrogen) atoms. The lowest BCUT2D eigenvalue weighted by molar-refractivity contribution is 0.0912. The summed E-state index contributed by atoms with van der Waals surface area (Å²) in [4.78, 5) is 12.0. The number of aryl methyl sites for hydroxylation is 1. The average molecular weight is 352 g/mol. The van der Waals surface area contributed by atoms with Crippen molar-refractivity contribution in [1.82, 2.24) is 5.32 Å². The molecule has 0 saturated heterocycles. The number of amides is 1. The lowest BCUT2D eigenvalue weighted by atomic mass is 10.2. The third kappa shape index (κ3) is 5.58. The van der Waals surface area contributed by atoms with Gasteiger partial charge in [-0.25, -0.2) is 0 Å². The zero-order valence-electron chi connectivity index (χ0n) is 13.9. The summed E-state index contributed by atoms with van der Waals surface area (Å²) in [6.45, 7) is 5.98. The first-order valence-corrected chi connectivity index (χ1v) is 8.31. The number of nitrogens with one attached hydrogen (secondary N) is 1. The van der Waals surface area contributed by atoms with Gasteiger partial charge in [0.15, 0.2) is 5.76 Å². The molecular weight excluding hydrogens is 330 g/mol. The topological polar surface area (TPSA) is 60.7 Å². The van der Waals surface area contributed by atoms with Gasteiger partial charge in [0, 0.05) is 24.8 Å². The van der Waals surface area contributed by atoms with Crippen molar-refractivity contribution in [3.05, 3.63) is 52.4 Å². The Hall–Kier alpha value is -1.98. The maximum absolute atomic E-state index is 12.0. The fraction of sp³-hybridized carbons (Fsp3) is 0.389. The molecule has 1 N–H and O–H groups in total. The standard InChI is InChI=1S/C18H22ClNO4/c1-3-22-10-4-9-20-18(21)17-8-6-15(24-17)12-23-16-7-5-14(19)11-13(16)2/h5-8,11H,3-4,9-10,12H2,1-2H3,(H,20,21). The van der Waals surface area contributed by atoms with Crippen molar-refractivity contribution >= 4 is 17.5 Å². The number of hydrogen-bond acceptors (Lipinski definition) is 4. The van der Waals surface area contributed by atoms with E-state index < -0.39 is 0 Å². The fourth-order valence-electron chi connectivity index (χ4n) is 2.11. The number of furan rings is 1. The van der Waals surface area contributed by atoms with E-state index in [1.165, 1.54) is 0 Å². The third-order valence-corrected chi connectivity index (χ3v) is 3.58. The molecule has 0 aliphatic carbocycles. The average Bonchev–Trinajstić information content (AvgIpc) is 3.03. The molecule has 1 amide bonds. The van der Waals surface area contributed by atoms with E-state index in [1.54, 1.807) is 18.2 Å². The first-order valence-electron chi connectivity index (χ1n) is 7.93. The van der Waals surface area contributed by atoms with E-state index >= 15 is 0 Å². The van der Waals surface area contributed by atoms with Crippen LogP contribution in [0.3, 0.4) is 0 Å². The van der Waals surface area contributed by atoms with Crippen molar-refractivity contribution in [2.75, 3.05) is 19.8 Å². The number of carbonyl (C=O) groups is 1. The van der Waals surface area contributed by atoms with Gasteiger partial charge in [-0.15, -0.1) is 0 Å². The quantitative estimate of drug-likeness (QED) is 0.694. The van der Waals surface area contributed by atoms with Crippen LogP contribution in [0.15, 0.2) is 34.7 Å². The van der Waals surface area contributed by atoms with Gasteiger partial charge in [-0.3, -0.25) is 4.79 Å². The highest BCUT2D eigenvalue weighted by Crippen LogP contribution is 2.23. The maximum atomic E-state index is 12.0. The van der Waals surface area contributed by atoms with Gasteiger partial charge >= 0.3 is 0 Å². The molecule has 2 aromatic rings. The molecule has 6 heteroatoms. The highest BCUT2D eigenvalue weighted by Gasteiger charge is 2.11. The van der Waals surface area contributed by atoms with Gasteiger partial charge in [0.05, 0.1) is 0 Å². The Bertz CT molecular complexity index is 669. The molecule has 1 aromatic carbocycles. The second kappa shape index (κ2) is 9.35. The Kier molecular flexibility index (Phi) is 7.15. The molecule has 5 nitrogen and oxygen atoms in total. The summed E-state index contributed by atoms with van der Waals surface area (Å²) < 4.78 is 16.4. The van der Waals surface area contributed by atoms with Crippen LogP contribution in [0.2, 0.25) is 5.02 Å². The molecule has 0 radical (unpaired) electrons. The number of hydrogen-bond donors (Lipinski definition) is 1. The van der Waals surface area contributed by atoms with Gasteiger partial charge in [0.1, 0.15) is 18.1 Å². The minimum atomic E-state index is -0.236. The Morgan fingerprint density at radius 2 is 2.12 bits per heavy atom. The van der Waals surface area contributed by atoms with Gasteiger partial charge in [-0.1, -0.05) is 11.6 Å². The second-order valence-corrected chi connectivity index (χ2v) is 5.71. The van der Waals surface area contributed by atoms with Crippen molar-refractivity contribution in [2.45, 2.75) is 26.9 Å². The number of carbonyl (C=O) groups excluding carboxylic acids is 1. The van der Waals surface area contributed by atoms with Crippen molar-refractivity contribution < 1.29 is 18.7 Å². The van der Waals surface area contributed by atoms with Crippen molar-refractivity contribution in [1.29, 1.82) is 0 Å². The van der Waals surface area contributed by atoms with Gasteiger partial charge in [0.25, 0.3) is 5.91 Å². The molecular formula is C18H22ClNO4. The zero-order valence-corrected chi connectivity index (χ0v) is 14.7. The van der Waals surface area contributed by atoms with E-state index in [-0.39, 0.29) is 18.3 Å². The van der Waals surface area contributed by atoms with Crippen LogP contribution >= 0.6 is 11.6 Å². The molecule has 0 bridgehead atoms. The second-order valence-electron chi connectivity index (χ2n) is 5.27. The highest BCUT2D eigenvalue weighted by atomic mass is 35.5. The van der Waals surface area contributed by atoms with Crippen molar-refractivity contribution in [2.24, 2.45) is 0 Å². The molecule has 2 rings (SSSR count). The summed E-state index contributed by atoms with van der Waals surface area (Å²) >= 11 is 5.92. The van der Waals surface area contributed by atoms with Gasteiger partial charge < -0.3 is 19.2 Å². The summed E-state index contributed by atoms with van der Waals surface area (Å²) in [6, 6.07) is 8.80. The number of benzene rings is 1. The largest absolute Gasteiger partial charge is 0.485 e. The lowest BCUT2D eigenvalue weighted by Crippen LogP contribution is -2.24. The van der Waals surface area contributed by atoms with E-state index in [0.717, 1.165) is 17.7 Å². The van der Waals surface area contributed by atoms with Crippen LogP contribution in [0.4, 0.5) is 0 Å². The molecule has 0 atom stereocenters.